The molecule has 118 valence electrons. The average Bonchev–Trinajstić information content (AvgIpc) is 2.53. The van der Waals surface area contributed by atoms with Crippen molar-refractivity contribution in [3.05, 3.63) is 0 Å². The minimum absolute atomic E-state index is 0.701. The molecule has 5 unspecified atom stereocenters. The van der Waals surface area contributed by atoms with Crippen molar-refractivity contribution in [2.75, 3.05) is 19.3 Å². The third-order valence-electron chi connectivity index (χ3n) is 5.69. The molecule has 0 spiro atoms. The second kappa shape index (κ2) is 8.05. The maximum atomic E-state index is 3.82. The molecule has 2 aliphatic rings. The molecular formula is C17H34N2S. The van der Waals surface area contributed by atoms with E-state index in [9.17, 15) is 0 Å². The van der Waals surface area contributed by atoms with E-state index in [-0.39, 0.29) is 0 Å². The highest BCUT2D eigenvalue weighted by atomic mass is 32.2. The Labute approximate surface area is 130 Å². The van der Waals surface area contributed by atoms with Gasteiger partial charge in [-0.1, -0.05) is 40.0 Å². The van der Waals surface area contributed by atoms with E-state index in [0.29, 0.717) is 6.04 Å². The molecule has 2 rings (SSSR count). The maximum absolute atomic E-state index is 3.82. The number of thioether (sulfide) groups is 1. The summed E-state index contributed by atoms with van der Waals surface area (Å²) in [5, 5.41) is 4.69. The van der Waals surface area contributed by atoms with Crippen molar-refractivity contribution < 1.29 is 0 Å². The number of nitrogens with zero attached hydrogens (tertiary/aromatic N) is 1. The van der Waals surface area contributed by atoms with Crippen molar-refractivity contribution in [2.45, 2.75) is 82.7 Å². The number of hydrogen-bond acceptors (Lipinski definition) is 3. The average molecular weight is 299 g/mol. The molecule has 20 heavy (non-hydrogen) atoms. The van der Waals surface area contributed by atoms with E-state index in [4.69, 9.17) is 0 Å². The van der Waals surface area contributed by atoms with E-state index in [1.54, 1.807) is 0 Å². The molecule has 0 aromatic heterocycles. The molecule has 3 heteroatoms. The van der Waals surface area contributed by atoms with Crippen LogP contribution in [0.5, 0.6) is 0 Å². The quantitative estimate of drug-likeness (QED) is 0.832. The summed E-state index contributed by atoms with van der Waals surface area (Å²) in [5.41, 5.74) is 0. The molecule has 1 saturated carbocycles. The molecule has 2 nitrogen and oxygen atoms in total. The third-order valence-corrected chi connectivity index (χ3v) is 6.85. The SMILES string of the molecule is CCC(C)C1CN(C2CCCCC2SC)C(CC)CN1. The molecule has 1 aliphatic heterocycles. The standard InChI is InChI=1S/C17H34N2S/c1-5-13(3)15-12-19(14(6-2)11-18-15)16-9-7-8-10-17(16)20-4/h13-18H,5-12H2,1-4H3. The molecule has 5 atom stereocenters. The Balaban J connectivity index is 2.07. The van der Waals surface area contributed by atoms with Gasteiger partial charge < -0.3 is 5.32 Å². The fourth-order valence-electron chi connectivity index (χ4n) is 4.03. The van der Waals surface area contributed by atoms with E-state index in [1.807, 2.05) is 0 Å². The highest BCUT2D eigenvalue weighted by Crippen LogP contribution is 2.33. The topological polar surface area (TPSA) is 15.3 Å². The van der Waals surface area contributed by atoms with Crippen molar-refractivity contribution in [3.8, 4) is 0 Å². The fourth-order valence-corrected chi connectivity index (χ4v) is 5.04. The molecule has 0 bridgehead atoms. The molecule has 0 radical (unpaired) electrons. The van der Waals surface area contributed by atoms with Gasteiger partial charge in [0.25, 0.3) is 0 Å². The molecular weight excluding hydrogens is 264 g/mol. The van der Waals surface area contributed by atoms with Gasteiger partial charge in [-0.15, -0.1) is 0 Å². The van der Waals surface area contributed by atoms with Crippen LogP contribution in [0.3, 0.4) is 0 Å². The summed E-state index contributed by atoms with van der Waals surface area (Å²) in [5.74, 6) is 0.798. The van der Waals surface area contributed by atoms with Crippen LogP contribution in [-0.4, -0.2) is 47.6 Å². The second-order valence-corrected chi connectivity index (χ2v) is 7.86. The summed E-state index contributed by atoms with van der Waals surface area (Å²) in [6.45, 7) is 9.57. The highest BCUT2D eigenvalue weighted by molar-refractivity contribution is 7.99. The molecule has 2 fully saturated rings. The first kappa shape index (κ1) is 16.6. The molecule has 0 aromatic carbocycles. The maximum Gasteiger partial charge on any atom is 0.0222 e. The third kappa shape index (κ3) is 3.72. The van der Waals surface area contributed by atoms with Crippen LogP contribution in [0.2, 0.25) is 0 Å². The lowest BCUT2D eigenvalue weighted by Gasteiger charge is -2.49. The van der Waals surface area contributed by atoms with Gasteiger partial charge in [0, 0.05) is 36.5 Å². The molecule has 0 amide bonds. The van der Waals surface area contributed by atoms with Gasteiger partial charge >= 0.3 is 0 Å². The van der Waals surface area contributed by atoms with Crippen molar-refractivity contribution in [1.82, 2.24) is 10.2 Å². The Morgan fingerprint density at radius 3 is 2.65 bits per heavy atom. The van der Waals surface area contributed by atoms with Gasteiger partial charge in [-0.25, -0.2) is 0 Å². The number of nitrogens with one attached hydrogen (secondary N) is 1. The number of hydrogen-bond donors (Lipinski definition) is 1. The van der Waals surface area contributed by atoms with E-state index in [2.05, 4.69) is 49.0 Å². The summed E-state index contributed by atoms with van der Waals surface area (Å²) in [4.78, 5) is 2.90. The van der Waals surface area contributed by atoms with Gasteiger partial charge in [0.05, 0.1) is 0 Å². The van der Waals surface area contributed by atoms with Crippen LogP contribution < -0.4 is 5.32 Å². The summed E-state index contributed by atoms with van der Waals surface area (Å²) in [6, 6.07) is 2.29. The van der Waals surface area contributed by atoms with Gasteiger partial charge in [0.2, 0.25) is 0 Å². The number of piperazine rings is 1. The lowest BCUT2D eigenvalue weighted by atomic mass is 9.88. The summed E-state index contributed by atoms with van der Waals surface area (Å²) < 4.78 is 0. The Kier molecular flexibility index (Phi) is 6.70. The van der Waals surface area contributed by atoms with Gasteiger partial charge in [-0.3, -0.25) is 4.90 Å². The zero-order valence-electron chi connectivity index (χ0n) is 13.9. The first-order chi connectivity index (χ1) is 9.71. The van der Waals surface area contributed by atoms with Crippen molar-refractivity contribution >= 4 is 11.8 Å². The molecule has 1 heterocycles. The summed E-state index contributed by atoms with van der Waals surface area (Å²) >= 11 is 2.11. The zero-order chi connectivity index (χ0) is 14.5. The lowest BCUT2D eigenvalue weighted by Crippen LogP contribution is -2.62. The largest absolute Gasteiger partial charge is 0.311 e. The minimum Gasteiger partial charge on any atom is -0.311 e. The van der Waals surface area contributed by atoms with Crippen LogP contribution in [-0.2, 0) is 0 Å². The second-order valence-electron chi connectivity index (χ2n) is 6.79. The van der Waals surface area contributed by atoms with Crippen LogP contribution in [0.1, 0.15) is 59.3 Å². The Morgan fingerprint density at radius 2 is 2.00 bits per heavy atom. The van der Waals surface area contributed by atoms with Gasteiger partial charge in [0.1, 0.15) is 0 Å². The predicted octanol–water partition coefficient (Wildman–Crippen LogP) is 3.76. The van der Waals surface area contributed by atoms with Crippen LogP contribution in [0.15, 0.2) is 0 Å². The highest BCUT2D eigenvalue weighted by Gasteiger charge is 2.37. The van der Waals surface area contributed by atoms with Gasteiger partial charge in [-0.05, 0) is 31.4 Å². The zero-order valence-corrected chi connectivity index (χ0v) is 14.7. The van der Waals surface area contributed by atoms with Crippen molar-refractivity contribution in [2.24, 2.45) is 5.92 Å². The molecule has 1 N–H and O–H groups in total. The van der Waals surface area contributed by atoms with Crippen molar-refractivity contribution in [1.29, 1.82) is 0 Å². The van der Waals surface area contributed by atoms with Crippen LogP contribution in [0, 0.1) is 5.92 Å². The Hall–Kier alpha value is 0.270. The smallest absolute Gasteiger partial charge is 0.0222 e. The van der Waals surface area contributed by atoms with Gasteiger partial charge in [-0.2, -0.15) is 11.8 Å². The van der Waals surface area contributed by atoms with E-state index in [1.165, 1.54) is 51.6 Å². The summed E-state index contributed by atoms with van der Waals surface area (Å²) in [7, 11) is 0. The first-order valence-corrected chi connectivity index (χ1v) is 10.0. The monoisotopic (exact) mass is 298 g/mol. The van der Waals surface area contributed by atoms with E-state index in [0.717, 1.165) is 23.3 Å². The fraction of sp³-hybridized carbons (Fsp3) is 1.00. The molecule has 1 aliphatic carbocycles. The molecule has 1 saturated heterocycles. The van der Waals surface area contributed by atoms with Crippen LogP contribution in [0.4, 0.5) is 0 Å². The predicted molar refractivity (Wildman–Crippen MR) is 91.6 cm³/mol. The van der Waals surface area contributed by atoms with E-state index >= 15 is 0 Å². The molecule has 0 aromatic rings. The lowest BCUT2D eigenvalue weighted by molar-refractivity contribution is 0.0505. The summed E-state index contributed by atoms with van der Waals surface area (Å²) in [6.07, 6.45) is 10.6. The Morgan fingerprint density at radius 1 is 1.25 bits per heavy atom. The van der Waals surface area contributed by atoms with Crippen LogP contribution >= 0.6 is 11.8 Å². The minimum atomic E-state index is 0.701. The van der Waals surface area contributed by atoms with Gasteiger partial charge in [0.15, 0.2) is 0 Å². The van der Waals surface area contributed by atoms with Crippen LogP contribution in [0.25, 0.3) is 0 Å². The normalized spacial score (nSPS) is 37.8. The van der Waals surface area contributed by atoms with E-state index < -0.39 is 0 Å². The Bertz CT molecular complexity index is 284. The van der Waals surface area contributed by atoms with Crippen molar-refractivity contribution in [3.63, 3.8) is 0 Å². The number of rotatable bonds is 5. The first-order valence-electron chi connectivity index (χ1n) is 8.73.